The van der Waals surface area contributed by atoms with E-state index in [1.807, 2.05) is 0 Å². The molecule has 1 aromatic carbocycles. The molecule has 0 fully saturated rings. The Morgan fingerprint density at radius 1 is 1.21 bits per heavy atom. The smallest absolute Gasteiger partial charge is 0.402 e. The van der Waals surface area contributed by atoms with Crippen LogP contribution in [-0.2, 0) is 14.9 Å². The molecule has 0 saturated carbocycles. The van der Waals surface area contributed by atoms with E-state index in [1.165, 1.54) is 0 Å². The maximum atomic E-state index is 12.7. The summed E-state index contributed by atoms with van der Waals surface area (Å²) in [4.78, 5) is 11.2. The summed E-state index contributed by atoms with van der Waals surface area (Å²) in [6.07, 6.45) is 0. The lowest BCUT2D eigenvalue weighted by Gasteiger charge is -2.12. The molecule has 0 aromatic heterocycles. The highest BCUT2D eigenvalue weighted by atomic mass is 32.2. The van der Waals surface area contributed by atoms with Crippen molar-refractivity contribution in [1.82, 2.24) is 0 Å². The molecule has 0 radical (unpaired) electrons. The number of ether oxygens (including phenoxy) is 1. The molecule has 19 heavy (non-hydrogen) atoms. The Morgan fingerprint density at radius 2 is 1.68 bits per heavy atom. The molecule has 5 nitrogen and oxygen atoms in total. The molecular formula is C9H6F4O5S. The molecule has 0 saturated heterocycles. The minimum atomic E-state index is -5.76. The van der Waals surface area contributed by atoms with Crippen molar-refractivity contribution in [2.45, 2.75) is 5.25 Å². The molecule has 106 valence electrons. The van der Waals surface area contributed by atoms with Crippen molar-refractivity contribution in [3.05, 3.63) is 35.4 Å². The molecule has 0 aliphatic heterocycles. The number of hydrogen-bond acceptors (Lipinski definition) is 4. The third kappa shape index (κ3) is 3.89. The fraction of sp³-hybridized carbons (Fsp3) is 0.222. The first-order valence-electron chi connectivity index (χ1n) is 4.51. The molecule has 0 heterocycles. The van der Waals surface area contributed by atoms with Crippen LogP contribution in [0.5, 0.6) is 0 Å². The zero-order valence-corrected chi connectivity index (χ0v) is 9.76. The highest BCUT2D eigenvalue weighted by molar-refractivity contribution is 7.86. The molecule has 0 spiro atoms. The van der Waals surface area contributed by atoms with Gasteiger partial charge >= 0.3 is 21.3 Å². The first-order chi connectivity index (χ1) is 8.53. The summed E-state index contributed by atoms with van der Waals surface area (Å²) < 4.78 is 83.2. The quantitative estimate of drug-likeness (QED) is 0.519. The van der Waals surface area contributed by atoms with E-state index in [0.29, 0.717) is 18.2 Å². The van der Waals surface area contributed by atoms with Gasteiger partial charge in [0.25, 0.3) is 0 Å². The Balaban J connectivity index is 2.82. The summed E-state index contributed by atoms with van der Waals surface area (Å²) in [5.41, 5.74) is -0.719. The SMILES string of the molecule is O=C(OCC(F)(F)S(=O)(=O)O)c1cc(F)cc(F)c1. The lowest BCUT2D eigenvalue weighted by atomic mass is 10.2. The van der Waals surface area contributed by atoms with Crippen LogP contribution >= 0.6 is 0 Å². The second-order valence-corrected chi connectivity index (χ2v) is 4.89. The number of carbonyl (C=O) groups is 1. The van der Waals surface area contributed by atoms with Gasteiger partial charge in [-0.3, -0.25) is 4.55 Å². The van der Waals surface area contributed by atoms with Gasteiger partial charge in [0.15, 0.2) is 6.61 Å². The molecule has 1 rings (SSSR count). The normalized spacial score (nSPS) is 12.3. The Labute approximate surface area is 104 Å². The molecule has 1 N–H and O–H groups in total. The van der Waals surface area contributed by atoms with Crippen LogP contribution in [0.2, 0.25) is 0 Å². The lowest BCUT2D eigenvalue weighted by Crippen LogP contribution is -2.34. The Hall–Kier alpha value is -1.68. The van der Waals surface area contributed by atoms with Gasteiger partial charge < -0.3 is 4.74 Å². The summed E-state index contributed by atoms with van der Waals surface area (Å²) in [7, 11) is -5.76. The van der Waals surface area contributed by atoms with Crippen molar-refractivity contribution in [2.24, 2.45) is 0 Å². The topological polar surface area (TPSA) is 80.7 Å². The molecule has 0 bridgehead atoms. The lowest BCUT2D eigenvalue weighted by molar-refractivity contribution is -0.00955. The summed E-state index contributed by atoms with van der Waals surface area (Å²) in [6, 6.07) is 1.46. The molecule has 1 aromatic rings. The van der Waals surface area contributed by atoms with E-state index in [9.17, 15) is 30.8 Å². The summed E-state index contributed by atoms with van der Waals surface area (Å²) >= 11 is 0. The van der Waals surface area contributed by atoms with Gasteiger partial charge in [-0.25, -0.2) is 13.6 Å². The Bertz CT molecular complexity index is 578. The van der Waals surface area contributed by atoms with Crippen molar-refractivity contribution >= 4 is 16.1 Å². The molecule has 0 unspecified atom stereocenters. The highest BCUT2D eigenvalue weighted by Crippen LogP contribution is 2.21. The predicted octanol–water partition coefficient (Wildman–Crippen LogP) is 1.60. The number of rotatable bonds is 4. The van der Waals surface area contributed by atoms with Gasteiger partial charge in [0.1, 0.15) is 11.6 Å². The van der Waals surface area contributed by atoms with Crippen LogP contribution < -0.4 is 0 Å². The van der Waals surface area contributed by atoms with Crippen molar-refractivity contribution in [1.29, 1.82) is 0 Å². The van der Waals surface area contributed by atoms with Crippen molar-refractivity contribution < 1.29 is 40.1 Å². The van der Waals surface area contributed by atoms with Gasteiger partial charge in [0.05, 0.1) is 5.56 Å². The van der Waals surface area contributed by atoms with Crippen LogP contribution in [-0.4, -0.2) is 30.8 Å². The van der Waals surface area contributed by atoms with Crippen LogP contribution in [0.3, 0.4) is 0 Å². The number of benzene rings is 1. The van der Waals surface area contributed by atoms with Crippen LogP contribution in [0.4, 0.5) is 17.6 Å². The summed E-state index contributed by atoms with van der Waals surface area (Å²) in [5, 5.41) is -4.71. The predicted molar refractivity (Wildman–Crippen MR) is 53.1 cm³/mol. The average molecular weight is 302 g/mol. The zero-order chi connectivity index (χ0) is 14.8. The maximum absolute atomic E-state index is 12.7. The van der Waals surface area contributed by atoms with Gasteiger partial charge in [-0.2, -0.15) is 17.2 Å². The van der Waals surface area contributed by atoms with Gasteiger partial charge in [-0.15, -0.1) is 0 Å². The summed E-state index contributed by atoms with van der Waals surface area (Å²) in [5.74, 6) is -3.86. The monoisotopic (exact) mass is 302 g/mol. The molecule has 0 atom stereocenters. The number of halogens is 4. The summed E-state index contributed by atoms with van der Waals surface area (Å²) in [6.45, 7) is -1.98. The standard InChI is InChI=1S/C9H6F4O5S/c10-6-1-5(2-7(11)3-6)8(14)18-4-9(12,13)19(15,16)17/h1-3H,4H2,(H,15,16,17). The molecule has 0 aliphatic rings. The number of hydrogen-bond donors (Lipinski definition) is 1. The zero-order valence-electron chi connectivity index (χ0n) is 8.94. The average Bonchev–Trinajstić information content (AvgIpc) is 2.23. The van der Waals surface area contributed by atoms with Crippen LogP contribution in [0.15, 0.2) is 18.2 Å². The molecule has 10 heteroatoms. The first kappa shape index (κ1) is 15.4. The molecule has 0 amide bonds. The Morgan fingerprint density at radius 3 is 2.11 bits per heavy atom. The molecule has 0 aliphatic carbocycles. The fourth-order valence-corrected chi connectivity index (χ4v) is 1.19. The first-order valence-corrected chi connectivity index (χ1v) is 5.95. The third-order valence-electron chi connectivity index (χ3n) is 1.85. The number of alkyl halides is 2. The largest absolute Gasteiger partial charge is 0.454 e. The van der Waals surface area contributed by atoms with Gasteiger partial charge in [0.2, 0.25) is 0 Å². The third-order valence-corrected chi connectivity index (χ3v) is 2.72. The van der Waals surface area contributed by atoms with E-state index in [0.717, 1.165) is 0 Å². The van der Waals surface area contributed by atoms with Gasteiger partial charge in [0, 0.05) is 6.07 Å². The second kappa shape index (κ2) is 5.13. The minimum Gasteiger partial charge on any atom is -0.454 e. The fourth-order valence-electron chi connectivity index (χ4n) is 0.979. The van der Waals surface area contributed by atoms with E-state index < -0.39 is 45.1 Å². The maximum Gasteiger partial charge on any atom is 0.402 e. The minimum absolute atomic E-state index is 0.434. The molecular weight excluding hydrogens is 296 g/mol. The van der Waals surface area contributed by atoms with Crippen LogP contribution in [0.25, 0.3) is 0 Å². The second-order valence-electron chi connectivity index (χ2n) is 3.35. The van der Waals surface area contributed by atoms with Crippen LogP contribution in [0, 0.1) is 11.6 Å². The number of carbonyl (C=O) groups excluding carboxylic acids is 1. The van der Waals surface area contributed by atoms with E-state index in [2.05, 4.69) is 4.74 Å². The van der Waals surface area contributed by atoms with E-state index in [1.54, 1.807) is 0 Å². The van der Waals surface area contributed by atoms with Crippen molar-refractivity contribution in [3.63, 3.8) is 0 Å². The van der Waals surface area contributed by atoms with Gasteiger partial charge in [-0.1, -0.05) is 0 Å². The van der Waals surface area contributed by atoms with Crippen LogP contribution in [0.1, 0.15) is 10.4 Å². The number of esters is 1. The highest BCUT2D eigenvalue weighted by Gasteiger charge is 2.45. The van der Waals surface area contributed by atoms with E-state index in [-0.39, 0.29) is 0 Å². The van der Waals surface area contributed by atoms with E-state index >= 15 is 0 Å². The van der Waals surface area contributed by atoms with Crippen molar-refractivity contribution in [2.75, 3.05) is 6.61 Å². The Kier molecular flexibility index (Phi) is 4.15. The van der Waals surface area contributed by atoms with Crippen molar-refractivity contribution in [3.8, 4) is 0 Å². The van der Waals surface area contributed by atoms with Gasteiger partial charge in [-0.05, 0) is 12.1 Å². The van der Waals surface area contributed by atoms with E-state index in [4.69, 9.17) is 4.55 Å².